The van der Waals surface area contributed by atoms with E-state index in [4.69, 9.17) is 5.84 Å². The van der Waals surface area contributed by atoms with Crippen molar-refractivity contribution in [3.63, 3.8) is 0 Å². The van der Waals surface area contributed by atoms with Gasteiger partial charge < -0.3 is 0 Å². The molecule has 86 valence electrons. The van der Waals surface area contributed by atoms with Crippen molar-refractivity contribution in [1.82, 2.24) is 15.2 Å². The molecule has 4 heteroatoms. The highest BCUT2D eigenvalue weighted by atomic mass is 15.3. The average molecular weight is 210 g/mol. The highest BCUT2D eigenvalue weighted by Gasteiger charge is 2.21. The fraction of sp³-hybridized carbons (Fsp3) is 0.727. The summed E-state index contributed by atoms with van der Waals surface area (Å²) >= 11 is 0. The van der Waals surface area contributed by atoms with E-state index < -0.39 is 0 Å². The van der Waals surface area contributed by atoms with Gasteiger partial charge in [0, 0.05) is 18.8 Å². The highest BCUT2D eigenvalue weighted by molar-refractivity contribution is 5.22. The third-order valence-electron chi connectivity index (χ3n) is 3.00. The topological polar surface area (TPSA) is 55.9 Å². The minimum absolute atomic E-state index is 0.207. The van der Waals surface area contributed by atoms with Gasteiger partial charge in [-0.1, -0.05) is 27.2 Å². The predicted molar refractivity (Wildman–Crippen MR) is 62.1 cm³/mol. The van der Waals surface area contributed by atoms with Crippen LogP contribution in [0.15, 0.2) is 6.20 Å². The van der Waals surface area contributed by atoms with Gasteiger partial charge in [-0.3, -0.25) is 16.0 Å². The van der Waals surface area contributed by atoms with Crippen LogP contribution in [-0.2, 0) is 13.5 Å². The summed E-state index contributed by atoms with van der Waals surface area (Å²) in [5, 5.41) is 4.44. The van der Waals surface area contributed by atoms with Crippen molar-refractivity contribution in [2.24, 2.45) is 18.8 Å². The summed E-state index contributed by atoms with van der Waals surface area (Å²) in [6.45, 7) is 6.50. The number of aryl methyl sites for hydroxylation is 2. The SMILES string of the molecule is CCc1nn(C)cc1C(NN)C(C)CC. The first-order valence-corrected chi connectivity index (χ1v) is 5.62. The molecule has 0 aliphatic carbocycles. The van der Waals surface area contributed by atoms with Gasteiger partial charge in [-0.15, -0.1) is 0 Å². The lowest BCUT2D eigenvalue weighted by atomic mass is 9.93. The fourth-order valence-electron chi connectivity index (χ4n) is 1.88. The summed E-state index contributed by atoms with van der Waals surface area (Å²) in [7, 11) is 1.95. The average Bonchev–Trinajstić information content (AvgIpc) is 2.60. The highest BCUT2D eigenvalue weighted by Crippen LogP contribution is 2.25. The first-order chi connectivity index (χ1) is 7.13. The van der Waals surface area contributed by atoms with Gasteiger partial charge in [-0.05, 0) is 12.3 Å². The molecule has 0 spiro atoms. The Morgan fingerprint density at radius 1 is 1.53 bits per heavy atom. The van der Waals surface area contributed by atoms with E-state index >= 15 is 0 Å². The zero-order chi connectivity index (χ0) is 11.4. The Morgan fingerprint density at radius 2 is 2.20 bits per heavy atom. The van der Waals surface area contributed by atoms with Gasteiger partial charge in [0.2, 0.25) is 0 Å². The second kappa shape index (κ2) is 5.28. The van der Waals surface area contributed by atoms with Crippen molar-refractivity contribution >= 4 is 0 Å². The molecular weight excluding hydrogens is 188 g/mol. The number of hydrazine groups is 1. The van der Waals surface area contributed by atoms with Crippen molar-refractivity contribution in [2.75, 3.05) is 0 Å². The van der Waals surface area contributed by atoms with Gasteiger partial charge in [0.25, 0.3) is 0 Å². The molecule has 0 bridgehead atoms. The molecule has 0 aliphatic heterocycles. The maximum atomic E-state index is 5.63. The van der Waals surface area contributed by atoms with Gasteiger partial charge in [-0.2, -0.15) is 5.10 Å². The third-order valence-corrected chi connectivity index (χ3v) is 3.00. The van der Waals surface area contributed by atoms with Crippen LogP contribution < -0.4 is 11.3 Å². The normalized spacial score (nSPS) is 15.3. The van der Waals surface area contributed by atoms with E-state index in [0.717, 1.165) is 18.5 Å². The lowest BCUT2D eigenvalue weighted by molar-refractivity contribution is 0.381. The summed E-state index contributed by atoms with van der Waals surface area (Å²) in [5.41, 5.74) is 5.28. The quantitative estimate of drug-likeness (QED) is 0.572. The number of rotatable bonds is 5. The Bertz CT molecular complexity index is 306. The minimum Gasteiger partial charge on any atom is -0.275 e. The largest absolute Gasteiger partial charge is 0.275 e. The lowest BCUT2D eigenvalue weighted by Gasteiger charge is -2.21. The van der Waals surface area contributed by atoms with E-state index in [1.54, 1.807) is 0 Å². The molecule has 4 nitrogen and oxygen atoms in total. The van der Waals surface area contributed by atoms with Gasteiger partial charge in [0.1, 0.15) is 0 Å². The predicted octanol–water partition coefficient (Wildman–Crippen LogP) is 1.53. The number of nitrogens with zero attached hydrogens (tertiary/aromatic N) is 2. The van der Waals surface area contributed by atoms with Crippen LogP contribution in [0.1, 0.15) is 44.5 Å². The Labute approximate surface area is 91.8 Å². The van der Waals surface area contributed by atoms with Crippen LogP contribution in [0.5, 0.6) is 0 Å². The molecular formula is C11H22N4. The monoisotopic (exact) mass is 210 g/mol. The molecule has 0 radical (unpaired) electrons. The Hall–Kier alpha value is -0.870. The molecule has 0 amide bonds. The first kappa shape index (κ1) is 12.2. The van der Waals surface area contributed by atoms with Crippen molar-refractivity contribution < 1.29 is 0 Å². The summed E-state index contributed by atoms with van der Waals surface area (Å²) in [4.78, 5) is 0. The Kier molecular flexibility index (Phi) is 4.29. The first-order valence-electron chi connectivity index (χ1n) is 5.62. The third kappa shape index (κ3) is 2.58. The van der Waals surface area contributed by atoms with Crippen molar-refractivity contribution in [3.8, 4) is 0 Å². The zero-order valence-corrected chi connectivity index (χ0v) is 10.1. The van der Waals surface area contributed by atoms with Gasteiger partial charge in [0.05, 0.1) is 11.7 Å². The molecule has 2 atom stereocenters. The molecule has 1 heterocycles. The number of nitrogens with two attached hydrogens (primary N) is 1. The number of hydrogen-bond donors (Lipinski definition) is 2. The Balaban J connectivity index is 2.99. The van der Waals surface area contributed by atoms with Crippen molar-refractivity contribution in [1.29, 1.82) is 0 Å². The number of nitrogens with one attached hydrogen (secondary N) is 1. The number of hydrogen-bond acceptors (Lipinski definition) is 3. The van der Waals surface area contributed by atoms with Gasteiger partial charge in [-0.25, -0.2) is 0 Å². The standard InChI is InChI=1S/C11H22N4/c1-5-8(3)11(13-12)9-7-15(4)14-10(9)6-2/h7-8,11,13H,5-6,12H2,1-4H3. The molecule has 0 fully saturated rings. The summed E-state index contributed by atoms with van der Waals surface area (Å²) in [5.74, 6) is 6.15. The second-order valence-corrected chi connectivity index (χ2v) is 4.09. The zero-order valence-electron chi connectivity index (χ0n) is 10.1. The van der Waals surface area contributed by atoms with E-state index in [9.17, 15) is 0 Å². The van der Waals surface area contributed by atoms with Gasteiger partial charge in [0.15, 0.2) is 0 Å². The molecule has 1 aromatic rings. The van der Waals surface area contributed by atoms with E-state index in [2.05, 4.69) is 37.5 Å². The van der Waals surface area contributed by atoms with Crippen LogP contribution in [-0.4, -0.2) is 9.78 Å². The maximum Gasteiger partial charge on any atom is 0.0670 e. The van der Waals surface area contributed by atoms with Crippen LogP contribution in [0.25, 0.3) is 0 Å². The number of aromatic nitrogens is 2. The fourth-order valence-corrected chi connectivity index (χ4v) is 1.88. The minimum atomic E-state index is 0.207. The van der Waals surface area contributed by atoms with Crippen LogP contribution >= 0.6 is 0 Å². The Morgan fingerprint density at radius 3 is 2.67 bits per heavy atom. The lowest BCUT2D eigenvalue weighted by Crippen LogP contribution is -2.32. The molecule has 0 saturated heterocycles. The van der Waals surface area contributed by atoms with E-state index in [1.807, 2.05) is 11.7 Å². The van der Waals surface area contributed by atoms with Crippen LogP contribution in [0.4, 0.5) is 0 Å². The molecule has 0 aromatic carbocycles. The van der Waals surface area contributed by atoms with Crippen LogP contribution in [0, 0.1) is 5.92 Å². The molecule has 0 aliphatic rings. The van der Waals surface area contributed by atoms with E-state index in [-0.39, 0.29) is 6.04 Å². The van der Waals surface area contributed by atoms with Gasteiger partial charge >= 0.3 is 0 Å². The second-order valence-electron chi connectivity index (χ2n) is 4.09. The molecule has 1 aromatic heterocycles. The van der Waals surface area contributed by atoms with Crippen molar-refractivity contribution in [3.05, 3.63) is 17.5 Å². The van der Waals surface area contributed by atoms with Crippen molar-refractivity contribution in [2.45, 2.75) is 39.7 Å². The molecule has 3 N–H and O–H groups in total. The smallest absolute Gasteiger partial charge is 0.0670 e. The summed E-state index contributed by atoms with van der Waals surface area (Å²) in [6, 6.07) is 0.207. The van der Waals surface area contributed by atoms with Crippen LogP contribution in [0.2, 0.25) is 0 Å². The van der Waals surface area contributed by atoms with E-state index in [0.29, 0.717) is 5.92 Å². The molecule has 15 heavy (non-hydrogen) atoms. The summed E-state index contributed by atoms with van der Waals surface area (Å²) < 4.78 is 1.86. The molecule has 1 rings (SSSR count). The summed E-state index contributed by atoms with van der Waals surface area (Å²) in [6.07, 6.45) is 4.12. The molecule has 0 saturated carbocycles. The van der Waals surface area contributed by atoms with Crippen LogP contribution in [0.3, 0.4) is 0 Å². The molecule has 2 unspecified atom stereocenters. The maximum absolute atomic E-state index is 5.63. The van der Waals surface area contributed by atoms with E-state index in [1.165, 1.54) is 5.56 Å².